The van der Waals surface area contributed by atoms with Crippen LogP contribution < -0.4 is 31.2 Å². The Kier molecular flexibility index (Phi) is 9.29. The van der Waals surface area contributed by atoms with Gasteiger partial charge in [-0.25, -0.2) is 4.79 Å². The molecular weight excluding hydrogens is 640 g/mol. The molecule has 1 N–H and O–H groups in total. The van der Waals surface area contributed by atoms with E-state index < -0.39 is 11.4 Å². The molecule has 1 aromatic heterocycles. The Morgan fingerprint density at radius 3 is 2.58 bits per heavy atom. The van der Waals surface area contributed by atoms with Crippen LogP contribution in [-0.2, 0) is 30.9 Å². The second kappa shape index (κ2) is 12.7. The first-order chi connectivity index (χ1) is 21.2. The minimum absolute atomic E-state index is 0. The van der Waals surface area contributed by atoms with Gasteiger partial charge in [0.15, 0.2) is 6.54 Å². The van der Waals surface area contributed by atoms with Crippen LogP contribution in [-0.4, -0.2) is 82.6 Å². The van der Waals surface area contributed by atoms with Crippen molar-refractivity contribution in [1.29, 1.82) is 0 Å². The fraction of sp³-hybridized carbons (Fsp3) is 0.486. The summed E-state index contributed by atoms with van der Waals surface area (Å²) in [7, 11) is 6.15. The van der Waals surface area contributed by atoms with Crippen LogP contribution in [0.5, 0.6) is 17.2 Å². The van der Waals surface area contributed by atoms with E-state index in [-0.39, 0.29) is 41.3 Å². The zero-order valence-electron chi connectivity index (χ0n) is 27.0. The Bertz CT molecular complexity index is 1650. The van der Waals surface area contributed by atoms with E-state index in [0.717, 1.165) is 47.2 Å². The molecule has 3 aromatic rings. The molecule has 0 fully saturated rings. The molecule has 9 nitrogen and oxygen atoms in total. The molecule has 3 aliphatic heterocycles. The number of rotatable bonds is 7. The third kappa shape index (κ3) is 5.29. The number of aromatic amines is 1. The summed E-state index contributed by atoms with van der Waals surface area (Å²) < 4.78 is 29.9. The second-order valence-electron chi connectivity index (χ2n) is 12.6. The first kappa shape index (κ1) is 32.9. The van der Waals surface area contributed by atoms with Crippen LogP contribution in [0, 0.1) is 5.92 Å². The highest BCUT2D eigenvalue weighted by molar-refractivity contribution is 5.95. The van der Waals surface area contributed by atoms with Gasteiger partial charge in [0.2, 0.25) is 0 Å². The third-order valence-corrected chi connectivity index (χ3v) is 10.0. The maximum Gasteiger partial charge on any atom is 0.361 e. The third-order valence-electron chi connectivity index (χ3n) is 10.0. The van der Waals surface area contributed by atoms with Crippen LogP contribution in [0.15, 0.2) is 42.0 Å². The quantitative estimate of drug-likeness (QED) is 0.232. The molecule has 10 heteroatoms. The SMILES string of the molecule is CCC1=C[C@H]2C[C@](C(=O)OC)(c3c(OC)cc4c(c3OC)C(C)CO4)c3[nH]c4ccccc4c3CC[N+](CC(=O)OC)(C1)C2.[Br-]. The van der Waals surface area contributed by atoms with Gasteiger partial charge in [0.1, 0.15) is 29.2 Å². The van der Waals surface area contributed by atoms with E-state index in [4.69, 9.17) is 23.7 Å². The highest BCUT2D eigenvalue weighted by Gasteiger charge is 2.55. The van der Waals surface area contributed by atoms with Gasteiger partial charge in [-0.15, -0.1) is 0 Å². The number of nitrogens with zero attached hydrogens (tertiary/aromatic N) is 1. The van der Waals surface area contributed by atoms with E-state index >= 15 is 0 Å². The number of carbonyl (C=O) groups is 2. The summed E-state index contributed by atoms with van der Waals surface area (Å²) in [5.74, 6) is 1.18. The van der Waals surface area contributed by atoms with Gasteiger partial charge in [-0.3, -0.25) is 4.79 Å². The molecule has 2 unspecified atom stereocenters. The molecule has 2 bridgehead atoms. The number of fused-ring (bicyclic) bond motifs is 6. The molecular formula is C35H43BrN2O7. The summed E-state index contributed by atoms with van der Waals surface area (Å²) in [5, 5.41) is 1.05. The summed E-state index contributed by atoms with van der Waals surface area (Å²) in [5.41, 5.74) is 4.27. The standard InChI is InChI=1S/C35H43N2O7.BrH/c1-7-22-14-23-16-35(34(39)43-6,31-28(40-3)15-27-30(32(31)42-5)21(2)20-44-27)33-25(24-10-8-9-11-26(24)36-33)12-13-37(17-22,18-23)19-29(38)41-4;/h8-11,14-15,21,23,36H,7,12-13,16-20H2,1-6H3;1H/q+1;/p-1/t21?,23-,35-,37?;/m0./s1. The van der Waals surface area contributed by atoms with Gasteiger partial charge in [-0.1, -0.05) is 38.1 Å². The molecule has 0 aliphatic carbocycles. The molecule has 0 saturated heterocycles. The lowest BCUT2D eigenvalue weighted by atomic mass is 9.68. The molecule has 6 rings (SSSR count). The average Bonchev–Trinajstić information content (AvgIpc) is 3.61. The van der Waals surface area contributed by atoms with Crippen molar-refractivity contribution >= 4 is 22.8 Å². The van der Waals surface area contributed by atoms with Gasteiger partial charge in [0.25, 0.3) is 0 Å². The molecule has 4 heterocycles. The van der Waals surface area contributed by atoms with E-state index in [9.17, 15) is 9.59 Å². The van der Waals surface area contributed by atoms with E-state index in [1.807, 2.05) is 24.3 Å². The number of H-pyrrole nitrogens is 1. The van der Waals surface area contributed by atoms with Crippen molar-refractivity contribution in [2.75, 3.05) is 61.2 Å². The van der Waals surface area contributed by atoms with Crippen molar-refractivity contribution in [2.24, 2.45) is 5.92 Å². The zero-order chi connectivity index (χ0) is 31.2. The summed E-state index contributed by atoms with van der Waals surface area (Å²) in [4.78, 5) is 31.3. The van der Waals surface area contributed by atoms with Crippen LogP contribution in [0.4, 0.5) is 0 Å². The largest absolute Gasteiger partial charge is 1.00 e. The number of para-hydroxylation sites is 1. The Morgan fingerprint density at radius 2 is 1.89 bits per heavy atom. The van der Waals surface area contributed by atoms with Gasteiger partial charge in [0, 0.05) is 46.5 Å². The van der Waals surface area contributed by atoms with Gasteiger partial charge >= 0.3 is 11.9 Å². The van der Waals surface area contributed by atoms with Gasteiger partial charge in [-0.2, -0.15) is 0 Å². The molecule has 45 heavy (non-hydrogen) atoms. The lowest BCUT2D eigenvalue weighted by Gasteiger charge is -2.44. The van der Waals surface area contributed by atoms with Crippen LogP contribution in [0.2, 0.25) is 0 Å². The molecule has 0 spiro atoms. The van der Waals surface area contributed by atoms with E-state index in [2.05, 4.69) is 31.0 Å². The maximum atomic E-state index is 14.8. The van der Waals surface area contributed by atoms with Gasteiger partial charge in [0.05, 0.1) is 53.7 Å². The van der Waals surface area contributed by atoms with Crippen LogP contribution in [0.25, 0.3) is 10.9 Å². The summed E-state index contributed by atoms with van der Waals surface area (Å²) in [6.45, 7) is 7.22. The smallest absolute Gasteiger partial charge is 0.361 e. The highest BCUT2D eigenvalue weighted by atomic mass is 79.9. The molecule has 2 aromatic carbocycles. The number of esters is 2. The zero-order valence-corrected chi connectivity index (χ0v) is 28.5. The number of methoxy groups -OCH3 is 4. The minimum Gasteiger partial charge on any atom is -1.00 e. The number of hydrogen-bond acceptors (Lipinski definition) is 7. The molecule has 3 aliphatic rings. The number of ether oxygens (including phenoxy) is 5. The number of benzene rings is 2. The number of nitrogens with one attached hydrogen (secondary N) is 1. The van der Waals surface area contributed by atoms with E-state index in [0.29, 0.717) is 53.3 Å². The first-order valence-corrected chi connectivity index (χ1v) is 15.5. The van der Waals surface area contributed by atoms with Crippen molar-refractivity contribution in [2.45, 2.75) is 44.4 Å². The summed E-state index contributed by atoms with van der Waals surface area (Å²) in [6, 6.07) is 10.0. The predicted molar refractivity (Wildman–Crippen MR) is 166 cm³/mol. The van der Waals surface area contributed by atoms with Crippen molar-refractivity contribution in [3.63, 3.8) is 0 Å². The Labute approximate surface area is 275 Å². The van der Waals surface area contributed by atoms with E-state index in [1.165, 1.54) is 19.8 Å². The predicted octanol–water partition coefficient (Wildman–Crippen LogP) is 2.05. The Morgan fingerprint density at radius 1 is 1.11 bits per heavy atom. The van der Waals surface area contributed by atoms with Crippen molar-refractivity contribution in [3.8, 4) is 17.2 Å². The van der Waals surface area contributed by atoms with Gasteiger partial charge < -0.3 is 50.1 Å². The second-order valence-corrected chi connectivity index (χ2v) is 12.6. The Hall–Kier alpha value is -3.50. The number of halogens is 1. The number of quaternary nitrogens is 1. The first-order valence-electron chi connectivity index (χ1n) is 15.5. The van der Waals surface area contributed by atoms with Crippen LogP contribution in [0.3, 0.4) is 0 Å². The van der Waals surface area contributed by atoms with E-state index in [1.54, 1.807) is 14.2 Å². The summed E-state index contributed by atoms with van der Waals surface area (Å²) >= 11 is 0. The molecule has 242 valence electrons. The normalized spacial score (nSPS) is 25.2. The van der Waals surface area contributed by atoms with Crippen molar-refractivity contribution < 1.29 is 54.7 Å². The minimum atomic E-state index is -1.32. The molecule has 4 atom stereocenters. The van der Waals surface area contributed by atoms with Crippen LogP contribution in [0.1, 0.15) is 55.0 Å². The van der Waals surface area contributed by atoms with Crippen molar-refractivity contribution in [3.05, 3.63) is 64.4 Å². The fourth-order valence-electron chi connectivity index (χ4n) is 8.14. The molecule has 0 amide bonds. The highest BCUT2D eigenvalue weighted by Crippen LogP contribution is 2.56. The fourth-order valence-corrected chi connectivity index (χ4v) is 8.14. The monoisotopic (exact) mass is 682 g/mol. The number of hydrogen-bond donors (Lipinski definition) is 1. The number of aromatic nitrogens is 1. The number of carbonyl (C=O) groups excluding carboxylic acids is 2. The van der Waals surface area contributed by atoms with Gasteiger partial charge in [-0.05, 0) is 30.0 Å². The van der Waals surface area contributed by atoms with Crippen molar-refractivity contribution in [1.82, 2.24) is 4.98 Å². The lowest BCUT2D eigenvalue weighted by molar-refractivity contribution is -0.921. The maximum absolute atomic E-state index is 14.8. The lowest BCUT2D eigenvalue weighted by Crippen LogP contribution is -3.00. The molecule has 0 saturated carbocycles. The topological polar surface area (TPSA) is 96.1 Å². The summed E-state index contributed by atoms with van der Waals surface area (Å²) in [6.07, 6.45) is 4.22. The average molecular weight is 684 g/mol. The molecule has 0 radical (unpaired) electrons. The Balaban J connectivity index is 0.00000400. The van der Waals surface area contributed by atoms with Crippen LogP contribution >= 0.6 is 0 Å².